The minimum absolute atomic E-state index is 0.0692. The molecule has 6 heteroatoms. The summed E-state index contributed by atoms with van der Waals surface area (Å²) in [5, 5.41) is 2.89. The summed E-state index contributed by atoms with van der Waals surface area (Å²) in [7, 11) is 1.63. The Hall–Kier alpha value is -1.24. The average molecular weight is 412 g/mol. The van der Waals surface area contributed by atoms with Crippen LogP contribution in [0.4, 0.5) is 0 Å². The molecule has 0 atom stereocenters. The van der Waals surface area contributed by atoms with Crippen molar-refractivity contribution >= 4 is 51.0 Å². The highest BCUT2D eigenvalue weighted by Crippen LogP contribution is 2.25. The Morgan fingerprint density at radius 2 is 2.09 bits per heavy atom. The number of hydrogen-bond donors (Lipinski definition) is 1. The fraction of sp³-hybridized carbons (Fsp3) is 0.235. The highest BCUT2D eigenvalue weighted by atomic mass is 79.9. The van der Waals surface area contributed by atoms with Gasteiger partial charge in [0.15, 0.2) is 0 Å². The quantitative estimate of drug-likeness (QED) is 0.510. The van der Waals surface area contributed by atoms with Gasteiger partial charge in [-0.2, -0.15) is 11.8 Å². The van der Waals surface area contributed by atoms with Crippen LogP contribution in [0, 0.1) is 0 Å². The molecule has 1 aromatic carbocycles. The van der Waals surface area contributed by atoms with Crippen LogP contribution >= 0.6 is 39.0 Å². The van der Waals surface area contributed by atoms with E-state index < -0.39 is 0 Å². The van der Waals surface area contributed by atoms with E-state index in [4.69, 9.17) is 4.74 Å². The Bertz CT molecular complexity index is 653. The molecule has 0 fully saturated rings. The summed E-state index contributed by atoms with van der Waals surface area (Å²) in [6.07, 6.45) is 3.36. The van der Waals surface area contributed by atoms with E-state index in [0.717, 1.165) is 26.6 Å². The molecule has 0 aliphatic rings. The SMILES string of the molecule is COc1ccc(/C=C/C(=O)NCCSCc2ccc(Br)s2)cc1. The van der Waals surface area contributed by atoms with Crippen LogP contribution in [0.1, 0.15) is 10.4 Å². The van der Waals surface area contributed by atoms with Crippen molar-refractivity contribution in [3.63, 3.8) is 0 Å². The van der Waals surface area contributed by atoms with E-state index in [-0.39, 0.29) is 5.91 Å². The summed E-state index contributed by atoms with van der Waals surface area (Å²) in [6.45, 7) is 0.670. The Balaban J connectivity index is 1.63. The summed E-state index contributed by atoms with van der Waals surface area (Å²) in [4.78, 5) is 13.1. The van der Waals surface area contributed by atoms with Crippen LogP contribution in [0.3, 0.4) is 0 Å². The third kappa shape index (κ3) is 6.81. The molecule has 2 aromatic rings. The van der Waals surface area contributed by atoms with Crippen molar-refractivity contribution in [2.45, 2.75) is 5.75 Å². The molecule has 0 aliphatic carbocycles. The number of methoxy groups -OCH3 is 1. The third-order valence-electron chi connectivity index (χ3n) is 2.96. The van der Waals surface area contributed by atoms with Gasteiger partial charge in [0.05, 0.1) is 10.9 Å². The van der Waals surface area contributed by atoms with Gasteiger partial charge in [0.25, 0.3) is 0 Å². The van der Waals surface area contributed by atoms with E-state index in [1.807, 2.05) is 36.0 Å². The number of thioether (sulfide) groups is 1. The zero-order valence-corrected chi connectivity index (χ0v) is 16.0. The van der Waals surface area contributed by atoms with Gasteiger partial charge >= 0.3 is 0 Å². The van der Waals surface area contributed by atoms with Crippen molar-refractivity contribution in [1.29, 1.82) is 0 Å². The van der Waals surface area contributed by atoms with Gasteiger partial charge in [0, 0.05) is 29.0 Å². The number of thiophene rings is 1. The van der Waals surface area contributed by atoms with E-state index >= 15 is 0 Å². The molecular formula is C17H18BrNO2S2. The lowest BCUT2D eigenvalue weighted by Gasteiger charge is -2.02. The fourth-order valence-corrected chi connectivity index (χ4v) is 4.25. The molecule has 0 radical (unpaired) electrons. The lowest BCUT2D eigenvalue weighted by Crippen LogP contribution is -2.23. The van der Waals surface area contributed by atoms with E-state index in [1.54, 1.807) is 30.6 Å². The zero-order chi connectivity index (χ0) is 16.5. The molecule has 122 valence electrons. The third-order valence-corrected chi connectivity index (χ3v) is 5.78. The maximum atomic E-state index is 11.7. The Morgan fingerprint density at radius 3 is 2.74 bits per heavy atom. The first-order valence-electron chi connectivity index (χ1n) is 7.09. The fourth-order valence-electron chi connectivity index (χ4n) is 1.79. The van der Waals surface area contributed by atoms with Crippen molar-refractivity contribution in [1.82, 2.24) is 5.32 Å². The number of carbonyl (C=O) groups is 1. The summed E-state index contributed by atoms with van der Waals surface area (Å²) in [5.74, 6) is 2.62. The van der Waals surface area contributed by atoms with Gasteiger partial charge < -0.3 is 10.1 Å². The molecule has 1 amide bonds. The second-order valence-corrected chi connectivity index (χ2v) is 8.31. The predicted octanol–water partition coefficient (Wildman–Crippen LogP) is 4.58. The molecule has 23 heavy (non-hydrogen) atoms. The Labute approximate surface area is 153 Å². The van der Waals surface area contributed by atoms with E-state index in [1.165, 1.54) is 4.88 Å². The first-order valence-corrected chi connectivity index (χ1v) is 9.86. The smallest absolute Gasteiger partial charge is 0.244 e. The molecule has 0 unspecified atom stereocenters. The van der Waals surface area contributed by atoms with Crippen molar-refractivity contribution in [2.75, 3.05) is 19.4 Å². The molecule has 0 spiro atoms. The first kappa shape index (κ1) is 18.1. The summed E-state index contributed by atoms with van der Waals surface area (Å²) >= 11 is 7.02. The molecule has 1 N–H and O–H groups in total. The molecule has 1 aromatic heterocycles. The van der Waals surface area contributed by atoms with Crippen LogP contribution in [0.5, 0.6) is 5.75 Å². The molecule has 2 rings (SSSR count). The largest absolute Gasteiger partial charge is 0.497 e. The highest BCUT2D eigenvalue weighted by Gasteiger charge is 1.99. The molecule has 0 bridgehead atoms. The summed E-state index contributed by atoms with van der Waals surface area (Å²) in [6, 6.07) is 11.8. The molecule has 1 heterocycles. The number of hydrogen-bond acceptors (Lipinski definition) is 4. The number of halogens is 1. The Morgan fingerprint density at radius 1 is 1.30 bits per heavy atom. The number of nitrogens with one attached hydrogen (secondary N) is 1. The summed E-state index contributed by atoms with van der Waals surface area (Å²) in [5.41, 5.74) is 0.971. The van der Waals surface area contributed by atoms with Crippen LogP contribution in [-0.2, 0) is 10.5 Å². The van der Waals surface area contributed by atoms with Gasteiger partial charge in [-0.15, -0.1) is 11.3 Å². The Kier molecular flexibility index (Phi) is 7.71. The molecular weight excluding hydrogens is 394 g/mol. The number of amides is 1. The monoisotopic (exact) mass is 411 g/mol. The van der Waals surface area contributed by atoms with Crippen LogP contribution < -0.4 is 10.1 Å². The van der Waals surface area contributed by atoms with Crippen LogP contribution in [-0.4, -0.2) is 25.3 Å². The van der Waals surface area contributed by atoms with E-state index in [0.29, 0.717) is 6.54 Å². The van der Waals surface area contributed by atoms with E-state index in [2.05, 4.69) is 33.4 Å². The molecule has 0 saturated heterocycles. The van der Waals surface area contributed by atoms with Crippen molar-refractivity contribution < 1.29 is 9.53 Å². The second-order valence-electron chi connectivity index (χ2n) is 4.66. The molecule has 3 nitrogen and oxygen atoms in total. The van der Waals surface area contributed by atoms with Gasteiger partial charge in [0.1, 0.15) is 5.75 Å². The van der Waals surface area contributed by atoms with Gasteiger partial charge in [-0.1, -0.05) is 12.1 Å². The maximum absolute atomic E-state index is 11.7. The maximum Gasteiger partial charge on any atom is 0.244 e. The van der Waals surface area contributed by atoms with Crippen molar-refractivity contribution in [2.24, 2.45) is 0 Å². The summed E-state index contributed by atoms with van der Waals surface area (Å²) < 4.78 is 6.25. The van der Waals surface area contributed by atoms with E-state index in [9.17, 15) is 4.79 Å². The minimum atomic E-state index is -0.0692. The predicted molar refractivity (Wildman–Crippen MR) is 103 cm³/mol. The van der Waals surface area contributed by atoms with Gasteiger partial charge in [-0.25, -0.2) is 0 Å². The zero-order valence-electron chi connectivity index (χ0n) is 12.8. The lowest BCUT2D eigenvalue weighted by molar-refractivity contribution is -0.116. The van der Waals surface area contributed by atoms with Crippen LogP contribution in [0.25, 0.3) is 6.08 Å². The average Bonchev–Trinajstić information content (AvgIpc) is 2.98. The minimum Gasteiger partial charge on any atom is -0.497 e. The van der Waals surface area contributed by atoms with Crippen LogP contribution in [0.15, 0.2) is 46.3 Å². The van der Waals surface area contributed by atoms with Gasteiger partial charge in [-0.05, 0) is 51.8 Å². The number of ether oxygens (including phenoxy) is 1. The topological polar surface area (TPSA) is 38.3 Å². The van der Waals surface area contributed by atoms with Crippen molar-refractivity contribution in [3.05, 3.63) is 56.7 Å². The van der Waals surface area contributed by atoms with Crippen molar-refractivity contribution in [3.8, 4) is 5.75 Å². The highest BCUT2D eigenvalue weighted by molar-refractivity contribution is 9.11. The first-order chi connectivity index (χ1) is 11.2. The van der Waals surface area contributed by atoms with Gasteiger partial charge in [-0.3, -0.25) is 4.79 Å². The number of benzene rings is 1. The lowest BCUT2D eigenvalue weighted by atomic mass is 10.2. The number of carbonyl (C=O) groups excluding carboxylic acids is 1. The van der Waals surface area contributed by atoms with Gasteiger partial charge in [0.2, 0.25) is 5.91 Å². The molecule has 0 saturated carbocycles. The second kappa shape index (κ2) is 9.80. The normalized spacial score (nSPS) is 10.9. The van der Waals surface area contributed by atoms with Crippen LogP contribution in [0.2, 0.25) is 0 Å². The standard InChI is InChI=1S/C17H18BrNO2S2/c1-21-14-5-2-13(3-6-14)4-9-17(20)19-10-11-22-12-15-7-8-16(18)23-15/h2-9H,10-12H2,1H3,(H,19,20)/b9-4+. The number of rotatable bonds is 8. The molecule has 0 aliphatic heterocycles.